The van der Waals surface area contributed by atoms with Gasteiger partial charge in [-0.3, -0.25) is 0 Å². The summed E-state index contributed by atoms with van der Waals surface area (Å²) in [5.41, 5.74) is 0.633. The molecule has 0 radical (unpaired) electrons. The van der Waals surface area contributed by atoms with Crippen molar-refractivity contribution >= 4 is 0 Å². The van der Waals surface area contributed by atoms with Crippen LogP contribution in [0, 0.1) is 5.41 Å². The van der Waals surface area contributed by atoms with E-state index in [2.05, 4.69) is 37.7 Å². The Morgan fingerprint density at radius 1 is 1.27 bits per heavy atom. The topological polar surface area (TPSA) is 6.48 Å². The number of nitrogens with zero attached hydrogens (tertiary/aromatic N) is 2. The summed E-state index contributed by atoms with van der Waals surface area (Å²) in [5.74, 6) is 0. The van der Waals surface area contributed by atoms with E-state index < -0.39 is 0 Å². The molecule has 0 bridgehead atoms. The van der Waals surface area contributed by atoms with Crippen LogP contribution in [-0.4, -0.2) is 49.1 Å². The molecular formula is C13H26N2. The Morgan fingerprint density at radius 2 is 2.00 bits per heavy atom. The summed E-state index contributed by atoms with van der Waals surface area (Å²) < 4.78 is 0. The maximum absolute atomic E-state index is 2.67. The van der Waals surface area contributed by atoms with E-state index in [0.717, 1.165) is 12.1 Å². The van der Waals surface area contributed by atoms with Gasteiger partial charge in [0.1, 0.15) is 0 Å². The summed E-state index contributed by atoms with van der Waals surface area (Å²) in [6.07, 6.45) is 5.74. The Hall–Kier alpha value is -0.0800. The predicted octanol–water partition coefficient (Wildman–Crippen LogP) is 2.20. The van der Waals surface area contributed by atoms with Gasteiger partial charge in [0.05, 0.1) is 0 Å². The lowest BCUT2D eigenvalue weighted by Gasteiger charge is -2.36. The second-order valence-corrected chi connectivity index (χ2v) is 6.05. The number of likely N-dealkylation sites (tertiary alicyclic amines) is 1. The fourth-order valence-electron chi connectivity index (χ4n) is 3.77. The zero-order chi connectivity index (χ0) is 11.1. The Balaban J connectivity index is 2.08. The van der Waals surface area contributed by atoms with Gasteiger partial charge in [-0.15, -0.1) is 0 Å². The third-order valence-electron chi connectivity index (χ3n) is 4.63. The minimum Gasteiger partial charge on any atom is -0.306 e. The Morgan fingerprint density at radius 3 is 2.53 bits per heavy atom. The normalized spacial score (nSPS) is 37.6. The molecule has 2 unspecified atom stereocenters. The molecule has 1 aliphatic heterocycles. The molecule has 1 heterocycles. The van der Waals surface area contributed by atoms with Gasteiger partial charge in [-0.25, -0.2) is 0 Å². The van der Waals surface area contributed by atoms with Gasteiger partial charge in [0.25, 0.3) is 0 Å². The van der Waals surface area contributed by atoms with E-state index in [1.54, 1.807) is 0 Å². The summed E-state index contributed by atoms with van der Waals surface area (Å²) in [4.78, 5) is 5.14. The van der Waals surface area contributed by atoms with Crippen molar-refractivity contribution in [1.29, 1.82) is 0 Å². The van der Waals surface area contributed by atoms with E-state index in [9.17, 15) is 0 Å². The van der Waals surface area contributed by atoms with Crippen LogP contribution in [0.2, 0.25) is 0 Å². The Kier molecular flexibility index (Phi) is 3.09. The van der Waals surface area contributed by atoms with E-state index >= 15 is 0 Å². The number of hydrogen-bond acceptors (Lipinski definition) is 2. The third kappa shape index (κ3) is 1.94. The van der Waals surface area contributed by atoms with Crippen molar-refractivity contribution in [3.8, 4) is 0 Å². The van der Waals surface area contributed by atoms with Crippen LogP contribution in [0.3, 0.4) is 0 Å². The number of hydrogen-bond donors (Lipinski definition) is 0. The number of rotatable bonds is 2. The van der Waals surface area contributed by atoms with E-state index in [1.807, 2.05) is 0 Å². The lowest BCUT2D eigenvalue weighted by molar-refractivity contribution is 0.128. The highest BCUT2D eigenvalue weighted by Crippen LogP contribution is 2.47. The second kappa shape index (κ2) is 4.06. The van der Waals surface area contributed by atoms with Crippen molar-refractivity contribution in [2.45, 2.75) is 51.6 Å². The highest BCUT2D eigenvalue weighted by Gasteiger charge is 2.48. The molecule has 2 atom stereocenters. The zero-order valence-corrected chi connectivity index (χ0v) is 10.8. The smallest absolute Gasteiger partial charge is 0.0158 e. The molecule has 0 amide bonds. The summed E-state index contributed by atoms with van der Waals surface area (Å²) in [5, 5.41) is 0. The quantitative estimate of drug-likeness (QED) is 0.689. The van der Waals surface area contributed by atoms with Crippen LogP contribution >= 0.6 is 0 Å². The Labute approximate surface area is 94.6 Å². The van der Waals surface area contributed by atoms with Crippen molar-refractivity contribution in [3.05, 3.63) is 0 Å². The van der Waals surface area contributed by atoms with E-state index in [4.69, 9.17) is 0 Å². The van der Waals surface area contributed by atoms with Crippen LogP contribution in [0.1, 0.15) is 39.5 Å². The molecule has 2 heteroatoms. The van der Waals surface area contributed by atoms with Crippen LogP contribution in [-0.2, 0) is 0 Å². The highest BCUT2D eigenvalue weighted by atomic mass is 15.2. The molecule has 1 saturated heterocycles. The standard InChI is InChI=1S/C13H26N2/c1-11(2)15-9-8-13(10-15)7-5-6-12(13)14(3)4/h11-12H,5-10H2,1-4H3. The fourth-order valence-corrected chi connectivity index (χ4v) is 3.77. The summed E-state index contributed by atoms with van der Waals surface area (Å²) >= 11 is 0. The lowest BCUT2D eigenvalue weighted by atomic mass is 9.81. The first-order valence-electron chi connectivity index (χ1n) is 6.46. The van der Waals surface area contributed by atoms with Crippen LogP contribution < -0.4 is 0 Å². The minimum atomic E-state index is 0.633. The molecule has 1 saturated carbocycles. The maximum Gasteiger partial charge on any atom is 0.0158 e. The summed E-state index contributed by atoms with van der Waals surface area (Å²) in [7, 11) is 4.52. The first-order chi connectivity index (χ1) is 7.05. The lowest BCUT2D eigenvalue weighted by Crippen LogP contribution is -2.43. The minimum absolute atomic E-state index is 0.633. The Bertz CT molecular complexity index is 225. The average Bonchev–Trinajstić information content (AvgIpc) is 2.74. The van der Waals surface area contributed by atoms with Crippen LogP contribution in [0.4, 0.5) is 0 Å². The van der Waals surface area contributed by atoms with Crippen molar-refractivity contribution in [3.63, 3.8) is 0 Å². The molecular weight excluding hydrogens is 184 g/mol. The summed E-state index contributed by atoms with van der Waals surface area (Å²) in [6.45, 7) is 7.33. The van der Waals surface area contributed by atoms with Crippen molar-refractivity contribution in [1.82, 2.24) is 9.80 Å². The van der Waals surface area contributed by atoms with E-state index in [-0.39, 0.29) is 0 Å². The monoisotopic (exact) mass is 210 g/mol. The van der Waals surface area contributed by atoms with E-state index in [0.29, 0.717) is 5.41 Å². The van der Waals surface area contributed by atoms with Crippen molar-refractivity contribution in [2.24, 2.45) is 5.41 Å². The summed E-state index contributed by atoms with van der Waals surface area (Å²) in [6, 6.07) is 1.56. The van der Waals surface area contributed by atoms with Gasteiger partial charge < -0.3 is 9.80 Å². The van der Waals surface area contributed by atoms with Gasteiger partial charge in [0.15, 0.2) is 0 Å². The molecule has 1 aliphatic carbocycles. The molecule has 88 valence electrons. The van der Waals surface area contributed by atoms with Gasteiger partial charge in [-0.1, -0.05) is 6.42 Å². The maximum atomic E-state index is 2.67. The molecule has 0 aromatic rings. The molecule has 2 aliphatic rings. The molecule has 2 rings (SSSR count). The van der Waals surface area contributed by atoms with Gasteiger partial charge in [-0.2, -0.15) is 0 Å². The first-order valence-corrected chi connectivity index (χ1v) is 6.46. The van der Waals surface area contributed by atoms with Gasteiger partial charge in [0.2, 0.25) is 0 Å². The molecule has 2 fully saturated rings. The molecule has 1 spiro atoms. The first kappa shape index (κ1) is 11.4. The van der Waals surface area contributed by atoms with Crippen LogP contribution in [0.15, 0.2) is 0 Å². The predicted molar refractivity (Wildman–Crippen MR) is 65.1 cm³/mol. The molecule has 0 aromatic heterocycles. The van der Waals surface area contributed by atoms with Crippen molar-refractivity contribution < 1.29 is 0 Å². The molecule has 0 N–H and O–H groups in total. The van der Waals surface area contributed by atoms with E-state index in [1.165, 1.54) is 38.8 Å². The molecule has 0 aromatic carbocycles. The van der Waals surface area contributed by atoms with Gasteiger partial charge >= 0.3 is 0 Å². The van der Waals surface area contributed by atoms with Gasteiger partial charge in [0, 0.05) is 18.6 Å². The molecule has 15 heavy (non-hydrogen) atoms. The van der Waals surface area contributed by atoms with Gasteiger partial charge in [-0.05, 0) is 59.2 Å². The third-order valence-corrected chi connectivity index (χ3v) is 4.63. The highest BCUT2D eigenvalue weighted by molar-refractivity contribution is 5.02. The SMILES string of the molecule is CC(C)N1CCC2(CCCC2N(C)C)C1. The van der Waals surface area contributed by atoms with Crippen molar-refractivity contribution in [2.75, 3.05) is 27.2 Å². The second-order valence-electron chi connectivity index (χ2n) is 6.05. The molecule has 2 nitrogen and oxygen atoms in total. The largest absolute Gasteiger partial charge is 0.306 e. The van der Waals surface area contributed by atoms with Crippen LogP contribution in [0.25, 0.3) is 0 Å². The van der Waals surface area contributed by atoms with Crippen LogP contribution in [0.5, 0.6) is 0 Å². The fraction of sp³-hybridized carbons (Fsp3) is 1.00. The zero-order valence-electron chi connectivity index (χ0n) is 10.8. The average molecular weight is 210 g/mol.